The summed E-state index contributed by atoms with van der Waals surface area (Å²) in [7, 11) is 0. The molecule has 312 valence electrons. The van der Waals surface area contributed by atoms with Crippen LogP contribution in [0.15, 0.2) is 249 Å². The molecular formula is C64H41N3. The van der Waals surface area contributed by atoms with E-state index in [4.69, 9.17) is 9.97 Å². The Bertz CT molecular complexity index is 3930. The van der Waals surface area contributed by atoms with Gasteiger partial charge in [-0.25, -0.2) is 9.97 Å². The average molecular weight is 852 g/mol. The van der Waals surface area contributed by atoms with E-state index in [-0.39, 0.29) is 0 Å². The van der Waals surface area contributed by atoms with Crippen molar-refractivity contribution in [3.63, 3.8) is 0 Å². The zero-order chi connectivity index (χ0) is 44.3. The normalized spacial score (nSPS) is 11.6. The highest BCUT2D eigenvalue weighted by atomic mass is 15.0. The molecule has 3 nitrogen and oxygen atoms in total. The van der Waals surface area contributed by atoms with Crippen LogP contribution in [0, 0.1) is 0 Å². The van der Waals surface area contributed by atoms with E-state index in [2.05, 4.69) is 235 Å². The van der Waals surface area contributed by atoms with Crippen LogP contribution in [0.25, 0.3) is 127 Å². The first-order valence-corrected chi connectivity index (χ1v) is 22.9. The topological polar surface area (TPSA) is 30.7 Å². The Morgan fingerprint density at radius 1 is 0.269 bits per heavy atom. The molecule has 2 aromatic heterocycles. The van der Waals surface area contributed by atoms with Crippen molar-refractivity contribution in [1.82, 2.24) is 14.5 Å². The Hall–Kier alpha value is -8.92. The van der Waals surface area contributed by atoms with E-state index < -0.39 is 0 Å². The molecule has 3 heteroatoms. The lowest BCUT2D eigenvalue weighted by Crippen LogP contribution is -1.97. The van der Waals surface area contributed by atoms with Gasteiger partial charge in [-0.2, -0.15) is 0 Å². The maximum absolute atomic E-state index is 5.16. The van der Waals surface area contributed by atoms with Gasteiger partial charge in [0.15, 0.2) is 5.82 Å². The van der Waals surface area contributed by atoms with Crippen LogP contribution in [-0.4, -0.2) is 14.5 Å². The first kappa shape index (κ1) is 38.5. The second-order valence-corrected chi connectivity index (χ2v) is 17.3. The van der Waals surface area contributed by atoms with E-state index >= 15 is 0 Å². The van der Waals surface area contributed by atoms with Gasteiger partial charge in [-0.05, 0) is 96.0 Å². The summed E-state index contributed by atoms with van der Waals surface area (Å²) in [5, 5.41) is 10.0. The van der Waals surface area contributed by atoms with Crippen LogP contribution in [0.2, 0.25) is 0 Å². The Balaban J connectivity index is 0.870. The van der Waals surface area contributed by atoms with Crippen molar-refractivity contribution < 1.29 is 0 Å². The average Bonchev–Trinajstić information content (AvgIpc) is 3.75. The quantitative estimate of drug-likeness (QED) is 0.118. The molecule has 0 unspecified atom stereocenters. The summed E-state index contributed by atoms with van der Waals surface area (Å²) in [6.07, 6.45) is 0. The molecule has 0 spiro atoms. The van der Waals surface area contributed by atoms with Gasteiger partial charge in [-0.3, -0.25) is 0 Å². The standard InChI is InChI=1S/C64H41N3/c1-3-16-47(17-4-1)61-54-23-9-10-24-55(54)62(63-51-20-8-7-15-44(51)37-40-56(61)63)48-33-29-43(30-34-48)42-27-31-45(32-28-42)57-41-58(66-64(65-57)49-18-5-2-6-19-49)46-35-38-50(39-36-46)67-59-25-13-11-21-52(59)53-22-12-14-26-60(53)67/h1-41H. The fourth-order valence-electron chi connectivity index (χ4n) is 10.3. The third-order valence-corrected chi connectivity index (χ3v) is 13.4. The van der Waals surface area contributed by atoms with Crippen LogP contribution >= 0.6 is 0 Å². The van der Waals surface area contributed by atoms with Gasteiger partial charge < -0.3 is 4.57 Å². The maximum atomic E-state index is 5.16. The fourth-order valence-corrected chi connectivity index (χ4v) is 10.3. The van der Waals surface area contributed by atoms with Crippen LogP contribution in [0.3, 0.4) is 0 Å². The highest BCUT2D eigenvalue weighted by Gasteiger charge is 2.19. The van der Waals surface area contributed by atoms with Crippen molar-refractivity contribution in [2.45, 2.75) is 0 Å². The lowest BCUT2D eigenvalue weighted by Gasteiger charge is -2.19. The van der Waals surface area contributed by atoms with Crippen molar-refractivity contribution in [3.05, 3.63) is 249 Å². The first-order valence-electron chi connectivity index (χ1n) is 22.9. The number of aromatic nitrogens is 3. The summed E-state index contributed by atoms with van der Waals surface area (Å²) in [4.78, 5) is 10.3. The van der Waals surface area contributed by atoms with E-state index in [0.717, 1.165) is 44.9 Å². The molecule has 0 saturated carbocycles. The van der Waals surface area contributed by atoms with Crippen LogP contribution in [0.5, 0.6) is 0 Å². The van der Waals surface area contributed by atoms with Crippen LogP contribution in [0.1, 0.15) is 0 Å². The zero-order valence-electron chi connectivity index (χ0n) is 36.5. The lowest BCUT2D eigenvalue weighted by molar-refractivity contribution is 1.17. The molecule has 67 heavy (non-hydrogen) atoms. The molecule has 13 aromatic rings. The third kappa shape index (κ3) is 6.59. The Kier molecular flexibility index (Phi) is 9.17. The molecular weight excluding hydrogens is 811 g/mol. The monoisotopic (exact) mass is 851 g/mol. The van der Waals surface area contributed by atoms with Gasteiger partial charge >= 0.3 is 0 Å². The number of rotatable bonds is 7. The highest BCUT2D eigenvalue weighted by molar-refractivity contribution is 6.28. The van der Waals surface area contributed by atoms with E-state index in [1.54, 1.807) is 0 Å². The molecule has 0 atom stereocenters. The predicted molar refractivity (Wildman–Crippen MR) is 282 cm³/mol. The smallest absolute Gasteiger partial charge is 0.160 e. The Morgan fingerprint density at radius 3 is 1.30 bits per heavy atom. The predicted octanol–water partition coefficient (Wildman–Crippen LogP) is 17.0. The minimum Gasteiger partial charge on any atom is -0.309 e. The molecule has 0 fully saturated rings. The SMILES string of the molecule is c1ccc(-c2nc(-c3ccc(-c4ccc(-c5c6ccccc6c(-c6ccccc6)c6ccc7ccccc7c56)cc4)cc3)cc(-c3ccc(-n4c5ccccc5c5ccccc54)cc3)n2)cc1. The van der Waals surface area contributed by atoms with Crippen LogP contribution < -0.4 is 0 Å². The summed E-state index contributed by atoms with van der Waals surface area (Å²) in [5.74, 6) is 0.698. The Morgan fingerprint density at radius 2 is 0.701 bits per heavy atom. The summed E-state index contributed by atoms with van der Waals surface area (Å²) >= 11 is 0. The van der Waals surface area contributed by atoms with Gasteiger partial charge in [0.2, 0.25) is 0 Å². The van der Waals surface area contributed by atoms with Gasteiger partial charge in [0.05, 0.1) is 22.4 Å². The third-order valence-electron chi connectivity index (χ3n) is 13.4. The van der Waals surface area contributed by atoms with Crippen molar-refractivity contribution >= 4 is 54.1 Å². The van der Waals surface area contributed by atoms with E-state index in [1.165, 1.54) is 76.4 Å². The zero-order valence-corrected chi connectivity index (χ0v) is 36.5. The summed E-state index contributed by atoms with van der Waals surface area (Å²) < 4.78 is 2.35. The molecule has 2 heterocycles. The molecule has 0 aliphatic carbocycles. The minimum atomic E-state index is 0.698. The van der Waals surface area contributed by atoms with Crippen LogP contribution in [0.4, 0.5) is 0 Å². The van der Waals surface area contributed by atoms with E-state index in [0.29, 0.717) is 5.82 Å². The maximum Gasteiger partial charge on any atom is 0.160 e. The molecule has 0 amide bonds. The van der Waals surface area contributed by atoms with Crippen molar-refractivity contribution in [2.24, 2.45) is 0 Å². The summed E-state index contributed by atoms with van der Waals surface area (Å²) in [5.41, 5.74) is 15.6. The minimum absolute atomic E-state index is 0.698. The number of fused-ring (bicyclic) bond motifs is 7. The number of hydrogen-bond acceptors (Lipinski definition) is 2. The van der Waals surface area contributed by atoms with Crippen molar-refractivity contribution in [2.75, 3.05) is 0 Å². The molecule has 0 radical (unpaired) electrons. The number of hydrogen-bond donors (Lipinski definition) is 0. The fraction of sp³-hybridized carbons (Fsp3) is 0. The van der Waals surface area contributed by atoms with Gasteiger partial charge in [-0.15, -0.1) is 0 Å². The molecule has 11 aromatic carbocycles. The molecule has 0 aliphatic heterocycles. The van der Waals surface area contributed by atoms with Crippen molar-refractivity contribution in [1.29, 1.82) is 0 Å². The van der Waals surface area contributed by atoms with Gasteiger partial charge in [0, 0.05) is 33.2 Å². The van der Waals surface area contributed by atoms with Gasteiger partial charge in [-0.1, -0.05) is 218 Å². The number of para-hydroxylation sites is 2. The molecule has 0 aliphatic rings. The van der Waals surface area contributed by atoms with E-state index in [1.807, 2.05) is 18.2 Å². The van der Waals surface area contributed by atoms with Crippen molar-refractivity contribution in [3.8, 4) is 73.0 Å². The second kappa shape index (κ2) is 16.0. The van der Waals surface area contributed by atoms with Gasteiger partial charge in [0.25, 0.3) is 0 Å². The summed E-state index contributed by atoms with van der Waals surface area (Å²) in [6, 6.07) is 89.4. The van der Waals surface area contributed by atoms with Crippen LogP contribution in [-0.2, 0) is 0 Å². The molecule has 0 saturated heterocycles. The number of nitrogens with zero attached hydrogens (tertiary/aromatic N) is 3. The van der Waals surface area contributed by atoms with Gasteiger partial charge in [0.1, 0.15) is 0 Å². The summed E-state index contributed by atoms with van der Waals surface area (Å²) in [6.45, 7) is 0. The molecule has 0 bridgehead atoms. The Labute approximate surface area is 388 Å². The number of benzene rings is 11. The molecule has 13 rings (SSSR count). The largest absolute Gasteiger partial charge is 0.309 e. The lowest BCUT2D eigenvalue weighted by atomic mass is 9.84. The first-order chi connectivity index (χ1) is 33.2. The molecule has 0 N–H and O–H groups in total. The second-order valence-electron chi connectivity index (χ2n) is 17.3. The van der Waals surface area contributed by atoms with E-state index in [9.17, 15) is 0 Å². The highest BCUT2D eigenvalue weighted by Crippen LogP contribution is 2.46.